The standard InChI is InChI=1S/C25H38N4O6S2/c1-3-4-14-35-24(30)20(2)36-25-26-22-19-21(37(31,32)28-12-17-34-18-13-28)6-7-23(22)29(25)9-5-8-27-10-15-33-16-11-27/h6-7,19-20H,3-5,8-18H2,1-2H3. The van der Waals surface area contributed by atoms with E-state index in [1.807, 2.05) is 13.0 Å². The largest absolute Gasteiger partial charge is 0.465 e. The van der Waals surface area contributed by atoms with Crippen LogP contribution in [0.15, 0.2) is 28.3 Å². The second kappa shape index (κ2) is 13.4. The number of hydrogen-bond acceptors (Lipinski definition) is 9. The third kappa shape index (κ3) is 7.24. The number of esters is 1. The van der Waals surface area contributed by atoms with Crippen molar-refractivity contribution in [1.29, 1.82) is 0 Å². The number of thioether (sulfide) groups is 1. The molecule has 0 bridgehead atoms. The second-order valence-electron chi connectivity index (χ2n) is 9.30. The fourth-order valence-electron chi connectivity index (χ4n) is 4.41. The first kappa shape index (κ1) is 28.3. The predicted octanol–water partition coefficient (Wildman–Crippen LogP) is 2.60. The zero-order valence-corrected chi connectivity index (χ0v) is 23.4. The zero-order chi connectivity index (χ0) is 26.3. The molecule has 1 atom stereocenters. The maximum atomic E-state index is 13.2. The Morgan fingerprint density at radius 2 is 1.78 bits per heavy atom. The minimum Gasteiger partial charge on any atom is -0.465 e. The van der Waals surface area contributed by atoms with Crippen molar-refractivity contribution in [1.82, 2.24) is 18.8 Å². The van der Waals surface area contributed by atoms with Crippen LogP contribution in [0.3, 0.4) is 0 Å². The maximum Gasteiger partial charge on any atom is 0.319 e. The highest BCUT2D eigenvalue weighted by Gasteiger charge is 2.28. The number of imidazole rings is 1. The van der Waals surface area contributed by atoms with Crippen molar-refractivity contribution in [3.05, 3.63) is 18.2 Å². The SMILES string of the molecule is CCCCOC(=O)C(C)Sc1nc2cc(S(=O)(=O)N3CCOCC3)ccc2n1CCCN1CCOCC1. The van der Waals surface area contributed by atoms with Gasteiger partial charge < -0.3 is 18.8 Å². The van der Waals surface area contributed by atoms with E-state index in [0.29, 0.717) is 50.1 Å². The number of aromatic nitrogens is 2. The Kier molecular flexibility index (Phi) is 10.2. The molecule has 0 amide bonds. The van der Waals surface area contributed by atoms with Gasteiger partial charge in [-0.25, -0.2) is 13.4 Å². The van der Waals surface area contributed by atoms with E-state index in [9.17, 15) is 13.2 Å². The zero-order valence-electron chi connectivity index (χ0n) is 21.8. The number of morpholine rings is 2. The Morgan fingerprint density at radius 3 is 2.49 bits per heavy atom. The van der Waals surface area contributed by atoms with E-state index in [1.165, 1.54) is 16.1 Å². The van der Waals surface area contributed by atoms with Gasteiger partial charge in [0.25, 0.3) is 0 Å². The minimum atomic E-state index is -3.63. The van der Waals surface area contributed by atoms with Crippen molar-refractivity contribution in [3.63, 3.8) is 0 Å². The van der Waals surface area contributed by atoms with Crippen LogP contribution in [0.2, 0.25) is 0 Å². The Balaban J connectivity index is 1.56. The summed E-state index contributed by atoms with van der Waals surface area (Å²) in [7, 11) is -3.63. The van der Waals surface area contributed by atoms with E-state index in [1.54, 1.807) is 12.1 Å². The van der Waals surface area contributed by atoms with Crippen molar-refractivity contribution in [2.75, 3.05) is 65.8 Å². The number of benzene rings is 1. The van der Waals surface area contributed by atoms with Gasteiger partial charge in [0.15, 0.2) is 5.16 Å². The minimum absolute atomic E-state index is 0.225. The first-order valence-electron chi connectivity index (χ1n) is 13.1. The van der Waals surface area contributed by atoms with Gasteiger partial charge in [0, 0.05) is 39.3 Å². The number of aryl methyl sites for hydroxylation is 1. The van der Waals surface area contributed by atoms with E-state index >= 15 is 0 Å². The van der Waals surface area contributed by atoms with Gasteiger partial charge in [-0.15, -0.1) is 0 Å². The van der Waals surface area contributed by atoms with Crippen molar-refractivity contribution in [3.8, 4) is 0 Å². The maximum absolute atomic E-state index is 13.2. The lowest BCUT2D eigenvalue weighted by molar-refractivity contribution is -0.142. The number of carbonyl (C=O) groups excluding carboxylic acids is 1. The number of ether oxygens (including phenoxy) is 3. The molecule has 12 heteroatoms. The molecule has 0 spiro atoms. The topological polar surface area (TPSA) is 103 Å². The molecule has 1 aromatic heterocycles. The monoisotopic (exact) mass is 554 g/mol. The second-order valence-corrected chi connectivity index (χ2v) is 12.5. The summed E-state index contributed by atoms with van der Waals surface area (Å²) < 4.78 is 46.2. The van der Waals surface area contributed by atoms with E-state index in [2.05, 4.69) is 16.4 Å². The number of sulfonamides is 1. The average Bonchev–Trinajstić information content (AvgIpc) is 3.26. The first-order chi connectivity index (χ1) is 17.9. The van der Waals surface area contributed by atoms with Crippen LogP contribution >= 0.6 is 11.8 Å². The summed E-state index contributed by atoms with van der Waals surface area (Å²) >= 11 is 1.36. The van der Waals surface area contributed by atoms with Gasteiger partial charge in [0.2, 0.25) is 10.0 Å². The molecule has 1 aromatic carbocycles. The highest BCUT2D eigenvalue weighted by molar-refractivity contribution is 8.00. The third-order valence-corrected chi connectivity index (χ3v) is 9.57. The summed E-state index contributed by atoms with van der Waals surface area (Å²) in [5, 5.41) is 0.265. The average molecular weight is 555 g/mol. The molecule has 0 N–H and O–H groups in total. The van der Waals surface area contributed by atoms with Gasteiger partial charge in [-0.1, -0.05) is 25.1 Å². The van der Waals surface area contributed by atoms with E-state index in [0.717, 1.165) is 57.6 Å². The van der Waals surface area contributed by atoms with Gasteiger partial charge >= 0.3 is 5.97 Å². The van der Waals surface area contributed by atoms with Gasteiger partial charge in [-0.3, -0.25) is 9.69 Å². The highest BCUT2D eigenvalue weighted by atomic mass is 32.2. The van der Waals surface area contributed by atoms with Crippen LogP contribution in [0.4, 0.5) is 0 Å². The van der Waals surface area contributed by atoms with Crippen molar-refractivity contribution < 1.29 is 27.4 Å². The predicted molar refractivity (Wildman–Crippen MR) is 142 cm³/mol. The highest BCUT2D eigenvalue weighted by Crippen LogP contribution is 2.30. The van der Waals surface area contributed by atoms with Crippen molar-refractivity contribution >= 4 is 38.8 Å². The molecule has 2 saturated heterocycles. The van der Waals surface area contributed by atoms with E-state index in [4.69, 9.17) is 19.2 Å². The van der Waals surface area contributed by atoms with Gasteiger partial charge in [-0.05, 0) is 38.0 Å². The summed E-state index contributed by atoms with van der Waals surface area (Å²) in [6, 6.07) is 5.13. The number of nitrogens with zero attached hydrogens (tertiary/aromatic N) is 4. The smallest absolute Gasteiger partial charge is 0.319 e. The first-order valence-corrected chi connectivity index (χ1v) is 15.4. The van der Waals surface area contributed by atoms with Crippen LogP contribution in [-0.4, -0.2) is 104 Å². The van der Waals surface area contributed by atoms with E-state index in [-0.39, 0.29) is 10.9 Å². The lowest BCUT2D eigenvalue weighted by Gasteiger charge is -2.26. The van der Waals surface area contributed by atoms with E-state index < -0.39 is 15.3 Å². The van der Waals surface area contributed by atoms with Gasteiger partial charge in [-0.2, -0.15) is 4.31 Å². The summed E-state index contributed by atoms with van der Waals surface area (Å²) in [4.78, 5) is 19.9. The number of carbonyl (C=O) groups is 1. The lowest BCUT2D eigenvalue weighted by atomic mass is 10.3. The molecule has 4 rings (SSSR count). The van der Waals surface area contributed by atoms with Gasteiger partial charge in [0.05, 0.1) is 49.0 Å². The Hall–Kier alpha value is -1.70. The van der Waals surface area contributed by atoms with Crippen molar-refractivity contribution in [2.45, 2.75) is 55.0 Å². The Labute approximate surface area is 223 Å². The molecule has 2 aromatic rings. The van der Waals surface area contributed by atoms with Crippen LogP contribution < -0.4 is 0 Å². The molecule has 3 heterocycles. The quantitative estimate of drug-likeness (QED) is 0.222. The molecule has 0 aliphatic carbocycles. The molecule has 206 valence electrons. The van der Waals surface area contributed by atoms with Gasteiger partial charge in [0.1, 0.15) is 5.25 Å². The summed E-state index contributed by atoms with van der Waals surface area (Å²) in [6.45, 7) is 10.8. The molecular weight excluding hydrogens is 516 g/mol. The number of fused-ring (bicyclic) bond motifs is 1. The molecule has 2 fully saturated rings. The molecule has 0 radical (unpaired) electrons. The van der Waals surface area contributed by atoms with Crippen LogP contribution in [0.5, 0.6) is 0 Å². The number of unbranched alkanes of at least 4 members (excludes halogenated alkanes) is 1. The fraction of sp³-hybridized carbons (Fsp3) is 0.680. The molecule has 0 saturated carbocycles. The normalized spacial score (nSPS) is 18.8. The third-order valence-electron chi connectivity index (χ3n) is 6.61. The molecule has 37 heavy (non-hydrogen) atoms. The number of hydrogen-bond donors (Lipinski definition) is 0. The Morgan fingerprint density at radius 1 is 1.08 bits per heavy atom. The van der Waals surface area contributed by atoms with Crippen LogP contribution in [0.1, 0.15) is 33.1 Å². The van der Waals surface area contributed by atoms with Crippen LogP contribution in [0, 0.1) is 0 Å². The molecular formula is C25H38N4O6S2. The lowest BCUT2D eigenvalue weighted by Crippen LogP contribution is -2.40. The molecule has 2 aliphatic rings. The van der Waals surface area contributed by atoms with Crippen LogP contribution in [-0.2, 0) is 35.6 Å². The van der Waals surface area contributed by atoms with Crippen molar-refractivity contribution in [2.24, 2.45) is 0 Å². The summed E-state index contributed by atoms with van der Waals surface area (Å²) in [5.41, 5.74) is 1.46. The molecule has 10 nitrogen and oxygen atoms in total. The summed E-state index contributed by atoms with van der Waals surface area (Å²) in [5.74, 6) is -0.263. The fourth-order valence-corrected chi connectivity index (χ4v) is 6.78. The summed E-state index contributed by atoms with van der Waals surface area (Å²) in [6.07, 6.45) is 2.70. The number of rotatable bonds is 12. The molecule has 1 unspecified atom stereocenters. The molecule has 2 aliphatic heterocycles. The Bertz CT molecular complexity index is 1140. The van der Waals surface area contributed by atoms with Crippen LogP contribution in [0.25, 0.3) is 11.0 Å².